The van der Waals surface area contributed by atoms with Crippen molar-refractivity contribution in [2.45, 2.75) is 55.0 Å². The highest BCUT2D eigenvalue weighted by molar-refractivity contribution is 7.90. The molecule has 0 saturated heterocycles. The zero-order valence-electron chi connectivity index (χ0n) is 22.4. The van der Waals surface area contributed by atoms with Crippen molar-refractivity contribution in [3.05, 3.63) is 71.0 Å². The average Bonchev–Trinajstić information content (AvgIpc) is 2.94. The molecule has 9 nitrogen and oxygen atoms in total. The number of nitrogens with two attached hydrogens (primary N) is 1. The molecular weight excluding hydrogens is 550 g/mol. The number of nitrogens with zero attached hydrogens (tertiary/aromatic N) is 3. The van der Waals surface area contributed by atoms with Crippen LogP contribution in [-0.4, -0.2) is 49.7 Å². The minimum Gasteiger partial charge on any atom is -0.481 e. The van der Waals surface area contributed by atoms with Gasteiger partial charge in [0, 0.05) is 41.9 Å². The van der Waals surface area contributed by atoms with Gasteiger partial charge in [0.25, 0.3) is 0 Å². The molecule has 1 aliphatic rings. The SMILES string of the molecule is COCc1cc(-c2ccc(CS(=O)(=O)c3ccccc3Cl)nc2OC)cc2cnc(NC3CCC(N)CC3)nc12. The van der Waals surface area contributed by atoms with Crippen LogP contribution in [-0.2, 0) is 26.9 Å². The molecule has 1 aliphatic carbocycles. The Kier molecular flexibility index (Phi) is 8.51. The summed E-state index contributed by atoms with van der Waals surface area (Å²) in [5.41, 5.74) is 9.62. The van der Waals surface area contributed by atoms with Crippen molar-refractivity contribution in [2.24, 2.45) is 5.73 Å². The van der Waals surface area contributed by atoms with Crippen molar-refractivity contribution < 1.29 is 17.9 Å². The van der Waals surface area contributed by atoms with Crippen LogP contribution in [0.25, 0.3) is 22.0 Å². The molecule has 0 amide bonds. The fourth-order valence-electron chi connectivity index (χ4n) is 5.06. The van der Waals surface area contributed by atoms with Crippen molar-refractivity contribution in [2.75, 3.05) is 19.5 Å². The molecule has 40 heavy (non-hydrogen) atoms. The van der Waals surface area contributed by atoms with Crippen LogP contribution in [0.3, 0.4) is 0 Å². The Hall–Kier alpha value is -3.31. The van der Waals surface area contributed by atoms with Crippen LogP contribution in [0.4, 0.5) is 5.95 Å². The number of hydrogen-bond donors (Lipinski definition) is 2. The molecule has 2 heterocycles. The number of fused-ring (bicyclic) bond motifs is 1. The fourth-order valence-corrected chi connectivity index (χ4v) is 6.90. The average molecular weight is 582 g/mol. The predicted molar refractivity (Wildman–Crippen MR) is 156 cm³/mol. The van der Waals surface area contributed by atoms with Gasteiger partial charge >= 0.3 is 0 Å². The van der Waals surface area contributed by atoms with Gasteiger partial charge in [-0.2, -0.15) is 0 Å². The van der Waals surface area contributed by atoms with Crippen molar-refractivity contribution in [1.29, 1.82) is 0 Å². The minimum absolute atomic E-state index is 0.0705. The summed E-state index contributed by atoms with van der Waals surface area (Å²) in [6.07, 6.45) is 5.77. The molecule has 0 radical (unpaired) electrons. The second-order valence-corrected chi connectivity index (χ2v) is 12.4. The van der Waals surface area contributed by atoms with Gasteiger partial charge in [-0.3, -0.25) is 0 Å². The number of benzene rings is 2. The maximum Gasteiger partial charge on any atom is 0.223 e. The highest BCUT2D eigenvalue weighted by Crippen LogP contribution is 2.34. The maximum atomic E-state index is 13.0. The molecule has 0 unspecified atom stereocenters. The van der Waals surface area contributed by atoms with Gasteiger partial charge in [-0.25, -0.2) is 23.4 Å². The highest BCUT2D eigenvalue weighted by atomic mass is 35.5. The maximum absolute atomic E-state index is 13.0. The van der Waals surface area contributed by atoms with E-state index < -0.39 is 9.84 Å². The molecule has 210 valence electrons. The Morgan fingerprint density at radius 1 is 1.05 bits per heavy atom. The first kappa shape index (κ1) is 28.2. The lowest BCUT2D eigenvalue weighted by Gasteiger charge is -2.26. The molecule has 1 saturated carbocycles. The van der Waals surface area contributed by atoms with E-state index in [0.29, 0.717) is 35.7 Å². The number of pyridine rings is 1. The standard InChI is InChI=1S/C29H32ClN5O4S/c1-38-16-20-14-18(13-19-15-32-29(35-27(19)20)34-22-9-7-21(31)8-10-22)24-12-11-23(33-28(24)39-2)17-40(36,37)26-6-4-3-5-25(26)30/h3-6,11-15,21-22H,7-10,16-17,31H2,1-2H3,(H,32,34,35). The van der Waals surface area contributed by atoms with Crippen LogP contribution in [0.5, 0.6) is 5.88 Å². The number of nitrogens with one attached hydrogen (secondary N) is 1. The van der Waals surface area contributed by atoms with Gasteiger partial charge in [-0.1, -0.05) is 23.7 Å². The molecule has 5 rings (SSSR count). The summed E-state index contributed by atoms with van der Waals surface area (Å²) in [5, 5.41) is 4.48. The molecule has 2 aromatic carbocycles. The van der Waals surface area contributed by atoms with Crippen LogP contribution in [0, 0.1) is 0 Å². The second kappa shape index (κ2) is 12.1. The number of halogens is 1. The van der Waals surface area contributed by atoms with Crippen LogP contribution in [0.15, 0.2) is 59.6 Å². The molecule has 0 aliphatic heterocycles. The van der Waals surface area contributed by atoms with E-state index in [-0.39, 0.29) is 21.7 Å². The topological polar surface area (TPSA) is 129 Å². The first-order valence-corrected chi connectivity index (χ1v) is 15.1. The molecule has 1 fully saturated rings. The van der Waals surface area contributed by atoms with Gasteiger partial charge in [0.2, 0.25) is 11.8 Å². The van der Waals surface area contributed by atoms with Gasteiger partial charge in [0.15, 0.2) is 9.84 Å². The molecule has 0 bridgehead atoms. The number of aromatic nitrogens is 3. The fraction of sp³-hybridized carbons (Fsp3) is 0.345. The summed E-state index contributed by atoms with van der Waals surface area (Å²) in [6, 6.07) is 14.4. The summed E-state index contributed by atoms with van der Waals surface area (Å²) >= 11 is 6.14. The largest absolute Gasteiger partial charge is 0.481 e. The number of rotatable bonds is 9. The van der Waals surface area contributed by atoms with Crippen LogP contribution in [0.2, 0.25) is 5.02 Å². The van der Waals surface area contributed by atoms with Crippen LogP contribution in [0.1, 0.15) is 36.9 Å². The Labute approximate surface area is 239 Å². The third-order valence-electron chi connectivity index (χ3n) is 7.10. The third-order valence-corrected chi connectivity index (χ3v) is 9.24. The van der Waals surface area contributed by atoms with E-state index >= 15 is 0 Å². The summed E-state index contributed by atoms with van der Waals surface area (Å²) in [6.45, 7) is 0.350. The Balaban J connectivity index is 1.46. The van der Waals surface area contributed by atoms with Crippen molar-refractivity contribution in [3.63, 3.8) is 0 Å². The van der Waals surface area contributed by atoms with E-state index in [1.165, 1.54) is 13.2 Å². The zero-order valence-corrected chi connectivity index (χ0v) is 24.0. The number of anilines is 1. The van der Waals surface area contributed by atoms with Crippen LogP contribution >= 0.6 is 11.6 Å². The van der Waals surface area contributed by atoms with Gasteiger partial charge < -0.3 is 20.5 Å². The Morgan fingerprint density at radius 2 is 1.82 bits per heavy atom. The third kappa shape index (κ3) is 6.20. The molecular formula is C29H32ClN5O4S. The molecule has 0 atom stereocenters. The Bertz CT molecular complexity index is 1620. The van der Waals surface area contributed by atoms with Crippen molar-refractivity contribution >= 4 is 38.3 Å². The van der Waals surface area contributed by atoms with Crippen molar-refractivity contribution in [1.82, 2.24) is 15.0 Å². The lowest BCUT2D eigenvalue weighted by molar-refractivity contribution is 0.186. The van der Waals surface area contributed by atoms with Crippen molar-refractivity contribution in [3.8, 4) is 17.0 Å². The van der Waals surface area contributed by atoms with Gasteiger partial charge in [0.05, 0.1) is 40.6 Å². The smallest absolute Gasteiger partial charge is 0.223 e. The summed E-state index contributed by atoms with van der Waals surface area (Å²) < 4.78 is 37.1. The number of hydrogen-bond acceptors (Lipinski definition) is 9. The summed E-state index contributed by atoms with van der Waals surface area (Å²) in [7, 11) is -0.554. The minimum atomic E-state index is -3.70. The monoisotopic (exact) mass is 581 g/mol. The van der Waals surface area contributed by atoms with E-state index in [0.717, 1.165) is 47.7 Å². The molecule has 2 aromatic heterocycles. The van der Waals surface area contributed by atoms with Crippen LogP contribution < -0.4 is 15.8 Å². The van der Waals surface area contributed by atoms with E-state index in [1.54, 1.807) is 37.6 Å². The van der Waals surface area contributed by atoms with E-state index in [2.05, 4.69) is 15.3 Å². The summed E-state index contributed by atoms with van der Waals surface area (Å²) in [4.78, 5) is 14.0. The lowest BCUT2D eigenvalue weighted by atomic mass is 9.92. The Morgan fingerprint density at radius 3 is 2.55 bits per heavy atom. The van der Waals surface area contributed by atoms with Gasteiger partial charge in [-0.15, -0.1) is 0 Å². The second-order valence-electron chi connectivity index (χ2n) is 10.0. The molecule has 11 heteroatoms. The quantitative estimate of drug-likeness (QED) is 0.275. The van der Waals surface area contributed by atoms with Gasteiger partial charge in [0.1, 0.15) is 0 Å². The highest BCUT2D eigenvalue weighted by Gasteiger charge is 2.22. The normalized spacial score (nSPS) is 17.6. The first-order chi connectivity index (χ1) is 19.3. The lowest BCUT2D eigenvalue weighted by Crippen LogP contribution is -2.33. The van der Waals surface area contributed by atoms with E-state index in [1.807, 2.05) is 18.2 Å². The number of sulfone groups is 1. The first-order valence-electron chi connectivity index (χ1n) is 13.1. The predicted octanol–water partition coefficient (Wildman–Crippen LogP) is 5.16. The molecule has 4 aromatic rings. The van der Waals surface area contributed by atoms with E-state index in [4.69, 9.17) is 31.8 Å². The van der Waals surface area contributed by atoms with E-state index in [9.17, 15) is 8.42 Å². The summed E-state index contributed by atoms with van der Waals surface area (Å²) in [5.74, 6) is 0.585. The zero-order chi connectivity index (χ0) is 28.3. The van der Waals surface area contributed by atoms with Gasteiger partial charge in [-0.05, 0) is 67.6 Å². The molecule has 0 spiro atoms. The number of ether oxygens (including phenoxy) is 2. The number of methoxy groups -OCH3 is 2. The molecule has 3 N–H and O–H groups in total.